The minimum Gasteiger partial charge on any atom is -0.347 e. The molecule has 1 aliphatic rings. The number of anilines is 1. The lowest BCUT2D eigenvalue weighted by Crippen LogP contribution is -2.38. The van der Waals surface area contributed by atoms with Gasteiger partial charge in [-0.15, -0.1) is 0 Å². The lowest BCUT2D eigenvalue weighted by atomic mass is 10.1. The molecule has 5 heteroatoms. The predicted molar refractivity (Wildman–Crippen MR) is 93.6 cm³/mol. The second kappa shape index (κ2) is 7.08. The van der Waals surface area contributed by atoms with Crippen LogP contribution in [0.15, 0.2) is 59.7 Å². The molecule has 0 aliphatic carbocycles. The van der Waals surface area contributed by atoms with Crippen LogP contribution in [0, 0.1) is 6.92 Å². The zero-order valence-corrected chi connectivity index (χ0v) is 13.5. The van der Waals surface area contributed by atoms with E-state index in [-0.39, 0.29) is 18.2 Å². The van der Waals surface area contributed by atoms with E-state index in [9.17, 15) is 9.59 Å². The third kappa shape index (κ3) is 3.68. The number of aryl methyl sites for hydroxylation is 1. The molecule has 0 spiro atoms. The van der Waals surface area contributed by atoms with Gasteiger partial charge in [0.05, 0.1) is 5.69 Å². The Morgan fingerprint density at radius 1 is 1.08 bits per heavy atom. The van der Waals surface area contributed by atoms with Gasteiger partial charge in [0.1, 0.15) is 5.71 Å². The Morgan fingerprint density at radius 2 is 1.79 bits per heavy atom. The molecule has 1 N–H and O–H groups in total. The third-order valence-electron chi connectivity index (χ3n) is 3.87. The largest absolute Gasteiger partial charge is 0.347 e. The van der Waals surface area contributed by atoms with Crippen molar-refractivity contribution in [3.8, 4) is 0 Å². The van der Waals surface area contributed by atoms with Crippen LogP contribution < -0.4 is 10.3 Å². The van der Waals surface area contributed by atoms with E-state index in [1.807, 2.05) is 49.4 Å². The van der Waals surface area contributed by atoms with E-state index in [0.29, 0.717) is 24.4 Å². The minimum atomic E-state index is -0.232. The average molecular weight is 321 g/mol. The standard InChI is InChI=1S/C19H19N3O2/c1-14-7-9-15(10-8-14)13-20-19(24)17-11-12-18(23)22(21-17)16-5-3-2-4-6-16/h2-10H,11-13H2,1H3,(H,20,24). The highest BCUT2D eigenvalue weighted by Crippen LogP contribution is 2.19. The first kappa shape index (κ1) is 15.9. The SMILES string of the molecule is Cc1ccc(CNC(=O)C2=NN(c3ccccc3)C(=O)CC2)cc1. The Morgan fingerprint density at radius 3 is 2.50 bits per heavy atom. The Labute approximate surface area is 141 Å². The Balaban J connectivity index is 1.69. The van der Waals surface area contributed by atoms with Gasteiger partial charge in [-0.3, -0.25) is 9.59 Å². The number of amides is 2. The number of nitrogens with one attached hydrogen (secondary N) is 1. The molecule has 2 amide bonds. The fourth-order valence-corrected chi connectivity index (χ4v) is 2.48. The van der Waals surface area contributed by atoms with E-state index in [0.717, 1.165) is 5.56 Å². The zero-order chi connectivity index (χ0) is 16.9. The summed E-state index contributed by atoms with van der Waals surface area (Å²) in [7, 11) is 0. The molecule has 3 rings (SSSR count). The van der Waals surface area contributed by atoms with Crippen LogP contribution in [0.1, 0.15) is 24.0 Å². The number of rotatable bonds is 4. The number of carbonyl (C=O) groups excluding carboxylic acids is 2. The van der Waals surface area contributed by atoms with Crippen LogP contribution in [0.5, 0.6) is 0 Å². The van der Waals surface area contributed by atoms with Crippen LogP contribution in [-0.4, -0.2) is 17.5 Å². The number of hydrogen-bond acceptors (Lipinski definition) is 3. The molecule has 0 aromatic heterocycles. The lowest BCUT2D eigenvalue weighted by molar-refractivity contribution is -0.119. The molecule has 2 aromatic rings. The van der Waals surface area contributed by atoms with Gasteiger partial charge in [0.25, 0.3) is 5.91 Å². The molecule has 0 bridgehead atoms. The van der Waals surface area contributed by atoms with Gasteiger partial charge in [-0.2, -0.15) is 5.10 Å². The number of nitrogens with zero attached hydrogens (tertiary/aromatic N) is 2. The fraction of sp³-hybridized carbons (Fsp3) is 0.211. The maximum Gasteiger partial charge on any atom is 0.267 e. The summed E-state index contributed by atoms with van der Waals surface area (Å²) in [4.78, 5) is 24.4. The van der Waals surface area contributed by atoms with Gasteiger partial charge in [-0.1, -0.05) is 48.0 Å². The van der Waals surface area contributed by atoms with E-state index in [1.165, 1.54) is 10.6 Å². The normalized spacial score (nSPS) is 14.3. The summed E-state index contributed by atoms with van der Waals surface area (Å²) >= 11 is 0. The van der Waals surface area contributed by atoms with E-state index in [2.05, 4.69) is 10.4 Å². The van der Waals surface area contributed by atoms with E-state index in [1.54, 1.807) is 12.1 Å². The maximum absolute atomic E-state index is 12.3. The topological polar surface area (TPSA) is 61.8 Å². The van der Waals surface area contributed by atoms with Crippen LogP contribution in [-0.2, 0) is 16.1 Å². The predicted octanol–water partition coefficient (Wildman–Crippen LogP) is 2.79. The molecule has 1 heterocycles. The van der Waals surface area contributed by atoms with Gasteiger partial charge in [-0.05, 0) is 24.6 Å². The van der Waals surface area contributed by atoms with Gasteiger partial charge < -0.3 is 5.32 Å². The Hall–Kier alpha value is -2.95. The summed E-state index contributed by atoms with van der Waals surface area (Å²) < 4.78 is 0. The molecule has 2 aromatic carbocycles. The molecule has 0 saturated heterocycles. The molecular formula is C19H19N3O2. The number of hydrazone groups is 1. The number of carbonyl (C=O) groups is 2. The highest BCUT2D eigenvalue weighted by atomic mass is 16.2. The third-order valence-corrected chi connectivity index (χ3v) is 3.87. The molecule has 0 unspecified atom stereocenters. The Kier molecular flexibility index (Phi) is 4.70. The monoisotopic (exact) mass is 321 g/mol. The quantitative estimate of drug-likeness (QED) is 0.941. The van der Waals surface area contributed by atoms with Crippen molar-refractivity contribution in [3.63, 3.8) is 0 Å². The molecule has 0 atom stereocenters. The zero-order valence-electron chi connectivity index (χ0n) is 13.5. The smallest absolute Gasteiger partial charge is 0.267 e. The highest BCUT2D eigenvalue weighted by molar-refractivity contribution is 6.40. The highest BCUT2D eigenvalue weighted by Gasteiger charge is 2.25. The summed E-state index contributed by atoms with van der Waals surface area (Å²) in [6, 6.07) is 17.1. The van der Waals surface area contributed by atoms with Gasteiger partial charge >= 0.3 is 0 Å². The van der Waals surface area contributed by atoms with E-state index >= 15 is 0 Å². The van der Waals surface area contributed by atoms with Crippen LogP contribution in [0.2, 0.25) is 0 Å². The first-order valence-electron chi connectivity index (χ1n) is 7.93. The average Bonchev–Trinajstić information content (AvgIpc) is 2.62. The van der Waals surface area contributed by atoms with Crippen molar-refractivity contribution >= 4 is 23.2 Å². The summed E-state index contributed by atoms with van der Waals surface area (Å²) in [5.41, 5.74) is 3.26. The molecule has 1 aliphatic heterocycles. The summed E-state index contributed by atoms with van der Waals surface area (Å²) in [6.07, 6.45) is 0.646. The van der Waals surface area contributed by atoms with Crippen molar-refractivity contribution in [2.75, 3.05) is 5.01 Å². The molecule has 5 nitrogen and oxygen atoms in total. The van der Waals surface area contributed by atoms with E-state index < -0.39 is 0 Å². The van der Waals surface area contributed by atoms with E-state index in [4.69, 9.17) is 0 Å². The molecule has 0 fully saturated rings. The minimum absolute atomic E-state index is 0.101. The Bertz CT molecular complexity index is 767. The van der Waals surface area contributed by atoms with Crippen LogP contribution >= 0.6 is 0 Å². The molecule has 0 radical (unpaired) electrons. The van der Waals surface area contributed by atoms with Crippen molar-refractivity contribution in [1.29, 1.82) is 0 Å². The molecule has 122 valence electrons. The first-order valence-corrected chi connectivity index (χ1v) is 7.93. The van der Waals surface area contributed by atoms with Crippen molar-refractivity contribution in [3.05, 3.63) is 65.7 Å². The summed E-state index contributed by atoms with van der Waals surface area (Å²) in [5.74, 6) is -0.333. The molecular weight excluding hydrogens is 302 g/mol. The van der Waals surface area contributed by atoms with Gasteiger partial charge in [-0.25, -0.2) is 5.01 Å². The fourth-order valence-electron chi connectivity index (χ4n) is 2.48. The van der Waals surface area contributed by atoms with Crippen molar-refractivity contribution in [2.24, 2.45) is 5.10 Å². The van der Waals surface area contributed by atoms with Crippen molar-refractivity contribution in [1.82, 2.24) is 5.32 Å². The number of benzene rings is 2. The number of para-hydroxylation sites is 1. The molecule has 24 heavy (non-hydrogen) atoms. The first-order chi connectivity index (χ1) is 11.6. The van der Waals surface area contributed by atoms with Crippen molar-refractivity contribution < 1.29 is 9.59 Å². The lowest BCUT2D eigenvalue weighted by Gasteiger charge is -2.23. The van der Waals surface area contributed by atoms with Gasteiger partial charge in [0.15, 0.2) is 0 Å². The van der Waals surface area contributed by atoms with Crippen molar-refractivity contribution in [2.45, 2.75) is 26.3 Å². The van der Waals surface area contributed by atoms with Gasteiger partial charge in [0.2, 0.25) is 5.91 Å². The maximum atomic E-state index is 12.3. The van der Waals surface area contributed by atoms with Crippen LogP contribution in [0.4, 0.5) is 5.69 Å². The van der Waals surface area contributed by atoms with Gasteiger partial charge in [0, 0.05) is 19.4 Å². The number of hydrogen-bond donors (Lipinski definition) is 1. The summed E-state index contributed by atoms with van der Waals surface area (Å²) in [6.45, 7) is 2.46. The van der Waals surface area contributed by atoms with Crippen LogP contribution in [0.3, 0.4) is 0 Å². The molecule has 0 saturated carbocycles. The summed E-state index contributed by atoms with van der Waals surface area (Å²) in [5, 5.41) is 8.42. The second-order valence-electron chi connectivity index (χ2n) is 5.76. The van der Waals surface area contributed by atoms with Crippen LogP contribution in [0.25, 0.3) is 0 Å². The second-order valence-corrected chi connectivity index (χ2v) is 5.76.